The van der Waals surface area contributed by atoms with E-state index < -0.39 is 4.92 Å². The van der Waals surface area contributed by atoms with Gasteiger partial charge in [-0.05, 0) is 24.3 Å². The third-order valence-corrected chi connectivity index (χ3v) is 3.23. The second kappa shape index (κ2) is 6.61. The number of anilines is 4. The summed E-state index contributed by atoms with van der Waals surface area (Å²) >= 11 is 0. The molecule has 0 fully saturated rings. The van der Waals surface area contributed by atoms with Gasteiger partial charge in [-0.15, -0.1) is 0 Å². The largest absolute Gasteiger partial charge is 0.368 e. The predicted molar refractivity (Wildman–Crippen MR) is 91.7 cm³/mol. The summed E-state index contributed by atoms with van der Waals surface area (Å²) in [6, 6.07) is 18.7. The van der Waals surface area contributed by atoms with E-state index in [-0.39, 0.29) is 17.5 Å². The Balaban J connectivity index is 2.05. The van der Waals surface area contributed by atoms with Gasteiger partial charge in [0.05, 0.1) is 16.3 Å². The second-order valence-electron chi connectivity index (χ2n) is 4.84. The number of para-hydroxylation sites is 2. The van der Waals surface area contributed by atoms with Gasteiger partial charge in [0.15, 0.2) is 0 Å². The molecular weight excluding hydrogens is 308 g/mol. The minimum Gasteiger partial charge on any atom is -0.368 e. The quantitative estimate of drug-likeness (QED) is 0.548. The second-order valence-corrected chi connectivity index (χ2v) is 4.84. The number of benzene rings is 2. The van der Waals surface area contributed by atoms with E-state index in [9.17, 15) is 10.1 Å². The van der Waals surface area contributed by atoms with Crippen molar-refractivity contribution in [1.82, 2.24) is 9.97 Å². The number of nitro groups is 1. The highest BCUT2D eigenvalue weighted by Crippen LogP contribution is 2.29. The Morgan fingerprint density at radius 2 is 1.54 bits per heavy atom. The normalized spacial score (nSPS) is 10.2. The first kappa shape index (κ1) is 15.2. The first-order valence-electron chi connectivity index (χ1n) is 7.09. The maximum atomic E-state index is 11.2. The molecule has 0 saturated carbocycles. The fourth-order valence-electron chi connectivity index (χ4n) is 2.14. The van der Waals surface area contributed by atoms with Crippen molar-refractivity contribution < 1.29 is 4.92 Å². The van der Waals surface area contributed by atoms with E-state index in [4.69, 9.17) is 5.73 Å². The highest BCUT2D eigenvalue weighted by molar-refractivity contribution is 5.70. The Morgan fingerprint density at radius 1 is 1.00 bits per heavy atom. The summed E-state index contributed by atoms with van der Waals surface area (Å²) in [6.45, 7) is 0. The van der Waals surface area contributed by atoms with Crippen LogP contribution in [0.5, 0.6) is 0 Å². The van der Waals surface area contributed by atoms with Gasteiger partial charge in [-0.2, -0.15) is 4.98 Å². The lowest BCUT2D eigenvalue weighted by molar-refractivity contribution is -0.384. The van der Waals surface area contributed by atoms with Crippen molar-refractivity contribution >= 4 is 28.8 Å². The molecule has 0 radical (unpaired) electrons. The summed E-state index contributed by atoms with van der Waals surface area (Å²) in [5.74, 6) is -0.0376. The zero-order valence-corrected chi connectivity index (χ0v) is 12.5. The molecule has 0 unspecified atom stereocenters. The van der Waals surface area contributed by atoms with E-state index >= 15 is 0 Å². The first-order chi connectivity index (χ1) is 11.6. The molecule has 8 nitrogen and oxygen atoms in total. The Morgan fingerprint density at radius 3 is 2.04 bits per heavy atom. The monoisotopic (exact) mass is 322 g/mol. The number of hydrogen-bond donors (Lipinski definition) is 2. The van der Waals surface area contributed by atoms with Crippen molar-refractivity contribution in [2.75, 3.05) is 16.2 Å². The van der Waals surface area contributed by atoms with E-state index in [0.29, 0.717) is 0 Å². The van der Waals surface area contributed by atoms with Crippen molar-refractivity contribution in [1.29, 1.82) is 0 Å². The van der Waals surface area contributed by atoms with Crippen molar-refractivity contribution in [2.45, 2.75) is 0 Å². The van der Waals surface area contributed by atoms with Gasteiger partial charge in [-0.3, -0.25) is 20.5 Å². The maximum Gasteiger partial charge on any atom is 0.331 e. The van der Waals surface area contributed by atoms with E-state index in [1.165, 1.54) is 0 Å². The van der Waals surface area contributed by atoms with Crippen LogP contribution < -0.4 is 16.2 Å². The Labute approximate surface area is 137 Å². The summed E-state index contributed by atoms with van der Waals surface area (Å²) in [5.41, 5.74) is 9.85. The van der Waals surface area contributed by atoms with Gasteiger partial charge in [0.1, 0.15) is 6.20 Å². The van der Waals surface area contributed by atoms with Crippen LogP contribution in [0.3, 0.4) is 0 Å². The lowest BCUT2D eigenvalue weighted by atomic mass is 10.2. The van der Waals surface area contributed by atoms with Crippen LogP contribution >= 0.6 is 0 Å². The minimum atomic E-state index is -0.560. The molecule has 120 valence electrons. The van der Waals surface area contributed by atoms with E-state index in [0.717, 1.165) is 17.6 Å². The predicted octanol–water partition coefficient (Wildman–Crippen LogP) is 3.13. The number of aromatic nitrogens is 2. The Kier molecular flexibility index (Phi) is 4.19. The van der Waals surface area contributed by atoms with Crippen LogP contribution in [-0.4, -0.2) is 14.9 Å². The molecule has 24 heavy (non-hydrogen) atoms. The minimum absolute atomic E-state index is 0.0141. The zero-order chi connectivity index (χ0) is 16.9. The molecule has 3 rings (SSSR count). The Hall–Kier alpha value is -3.68. The standard InChI is InChI=1S/C16H14N6O2/c17-16-18-11-14(22(23)24)15(19-16)20-21(12-7-3-1-4-8-12)13-9-5-2-6-10-13/h1-11H,(H3,17,18,19,20). The van der Waals surface area contributed by atoms with E-state index in [1.54, 1.807) is 5.01 Å². The fourth-order valence-corrected chi connectivity index (χ4v) is 2.14. The third kappa shape index (κ3) is 3.22. The van der Waals surface area contributed by atoms with Crippen LogP contribution in [0.2, 0.25) is 0 Å². The van der Waals surface area contributed by atoms with E-state index in [1.807, 2.05) is 60.7 Å². The molecule has 3 N–H and O–H groups in total. The van der Waals surface area contributed by atoms with Crippen LogP contribution in [0.15, 0.2) is 66.9 Å². The van der Waals surface area contributed by atoms with Gasteiger partial charge in [-0.25, -0.2) is 4.98 Å². The van der Waals surface area contributed by atoms with Crippen LogP contribution in [0, 0.1) is 10.1 Å². The lowest BCUT2D eigenvalue weighted by Gasteiger charge is -2.25. The Bertz CT molecular complexity index is 802. The number of nitrogen functional groups attached to an aromatic ring is 1. The summed E-state index contributed by atoms with van der Waals surface area (Å²) in [4.78, 5) is 18.3. The molecule has 0 saturated heterocycles. The maximum absolute atomic E-state index is 11.2. The van der Waals surface area contributed by atoms with Crippen LogP contribution in [0.1, 0.15) is 0 Å². The van der Waals surface area contributed by atoms with Gasteiger partial charge in [0.2, 0.25) is 11.8 Å². The lowest BCUT2D eigenvalue weighted by Crippen LogP contribution is -2.26. The van der Waals surface area contributed by atoms with Crippen molar-refractivity contribution in [3.8, 4) is 0 Å². The highest BCUT2D eigenvalue weighted by atomic mass is 16.6. The third-order valence-electron chi connectivity index (χ3n) is 3.23. The average molecular weight is 322 g/mol. The smallest absolute Gasteiger partial charge is 0.331 e. The van der Waals surface area contributed by atoms with Crippen LogP contribution in [0.25, 0.3) is 0 Å². The SMILES string of the molecule is Nc1ncc([N+](=O)[O-])c(NN(c2ccccc2)c2ccccc2)n1. The van der Waals surface area contributed by atoms with Crippen LogP contribution in [0.4, 0.5) is 28.8 Å². The van der Waals surface area contributed by atoms with Gasteiger partial charge in [0, 0.05) is 0 Å². The molecule has 1 aromatic heterocycles. The van der Waals surface area contributed by atoms with Crippen molar-refractivity contribution in [3.63, 3.8) is 0 Å². The molecule has 0 spiro atoms. The molecule has 8 heteroatoms. The number of nitrogens with one attached hydrogen (secondary N) is 1. The van der Waals surface area contributed by atoms with Crippen molar-refractivity contribution in [3.05, 3.63) is 77.0 Å². The molecule has 1 heterocycles. The number of nitrogens with two attached hydrogens (primary N) is 1. The fraction of sp³-hybridized carbons (Fsp3) is 0. The number of rotatable bonds is 5. The molecule has 0 amide bonds. The van der Waals surface area contributed by atoms with Gasteiger partial charge < -0.3 is 5.73 Å². The molecule has 3 aromatic rings. The zero-order valence-electron chi connectivity index (χ0n) is 12.5. The highest BCUT2D eigenvalue weighted by Gasteiger charge is 2.20. The first-order valence-corrected chi connectivity index (χ1v) is 7.09. The van der Waals surface area contributed by atoms with E-state index in [2.05, 4.69) is 15.4 Å². The van der Waals surface area contributed by atoms with Crippen LogP contribution in [-0.2, 0) is 0 Å². The number of hydrogen-bond acceptors (Lipinski definition) is 7. The molecular formula is C16H14N6O2. The summed E-state index contributed by atoms with van der Waals surface area (Å²) in [6.07, 6.45) is 1.08. The molecule has 0 aliphatic rings. The number of nitrogens with zero attached hydrogens (tertiary/aromatic N) is 4. The van der Waals surface area contributed by atoms with Gasteiger partial charge in [-0.1, -0.05) is 36.4 Å². The summed E-state index contributed by atoms with van der Waals surface area (Å²) in [5, 5.41) is 12.9. The molecule has 0 bridgehead atoms. The summed E-state index contributed by atoms with van der Waals surface area (Å²) in [7, 11) is 0. The molecule has 0 aliphatic heterocycles. The molecule has 0 atom stereocenters. The average Bonchev–Trinajstić information content (AvgIpc) is 2.61. The molecule has 2 aromatic carbocycles. The topological polar surface area (TPSA) is 110 Å². The van der Waals surface area contributed by atoms with Crippen molar-refractivity contribution in [2.24, 2.45) is 0 Å². The molecule has 0 aliphatic carbocycles. The van der Waals surface area contributed by atoms with Gasteiger partial charge in [0.25, 0.3) is 0 Å². The number of hydrazine groups is 1. The van der Waals surface area contributed by atoms with Gasteiger partial charge >= 0.3 is 5.69 Å². The summed E-state index contributed by atoms with van der Waals surface area (Å²) < 4.78 is 0.